The lowest BCUT2D eigenvalue weighted by atomic mass is 10.0. The van der Waals surface area contributed by atoms with Crippen molar-refractivity contribution in [1.29, 1.82) is 0 Å². The molecule has 2 rings (SSSR count). The molecule has 0 amide bonds. The third-order valence-corrected chi connectivity index (χ3v) is 3.39. The topological polar surface area (TPSA) is 92.4 Å². The van der Waals surface area contributed by atoms with Crippen molar-refractivity contribution in [2.45, 2.75) is 17.4 Å². The fraction of sp³-hybridized carbons (Fsp3) is 0.200. The van der Waals surface area contributed by atoms with Gasteiger partial charge in [-0.1, -0.05) is 18.2 Å². The molecule has 1 unspecified atom stereocenters. The molecule has 5 nitrogen and oxygen atoms in total. The summed E-state index contributed by atoms with van der Waals surface area (Å²) in [4.78, 5) is -0.0879. The average Bonchev–Trinajstić information content (AvgIpc) is 2.26. The Morgan fingerprint density at radius 1 is 1.38 bits per heavy atom. The highest BCUT2D eigenvalue weighted by Crippen LogP contribution is 2.04. The first kappa shape index (κ1) is 11.3. The zero-order valence-electron chi connectivity index (χ0n) is 8.42. The average molecular weight is 240 g/mol. The van der Waals surface area contributed by atoms with Crippen molar-refractivity contribution in [3.63, 3.8) is 0 Å². The Labute approximate surface area is 93.0 Å². The Bertz CT molecular complexity index is 622. The summed E-state index contributed by atoms with van der Waals surface area (Å²) in [6.45, 7) is 0. The van der Waals surface area contributed by atoms with Gasteiger partial charge in [-0.3, -0.25) is 15.8 Å². The van der Waals surface area contributed by atoms with Crippen LogP contribution in [0.1, 0.15) is 6.42 Å². The van der Waals surface area contributed by atoms with Crippen LogP contribution in [0.3, 0.4) is 0 Å². The Balaban J connectivity index is 2.59. The van der Waals surface area contributed by atoms with Crippen molar-refractivity contribution in [1.82, 2.24) is 5.43 Å². The third-order valence-electron chi connectivity index (χ3n) is 2.54. The van der Waals surface area contributed by atoms with E-state index in [1.54, 1.807) is 6.07 Å². The van der Waals surface area contributed by atoms with Gasteiger partial charge >= 0.3 is 0 Å². The van der Waals surface area contributed by atoms with E-state index in [1.165, 1.54) is 12.1 Å². The zero-order valence-corrected chi connectivity index (χ0v) is 9.24. The molecule has 0 spiro atoms. The Morgan fingerprint density at radius 2 is 2.12 bits per heavy atom. The maximum absolute atomic E-state index is 10.9. The van der Waals surface area contributed by atoms with Crippen molar-refractivity contribution >= 4 is 22.3 Å². The molecule has 0 fully saturated rings. The quantitative estimate of drug-likeness (QED) is 0.340. The lowest BCUT2D eigenvalue weighted by Gasteiger charge is -2.12. The zero-order chi connectivity index (χ0) is 11.8. The van der Waals surface area contributed by atoms with Crippen molar-refractivity contribution in [3.8, 4) is 0 Å². The molecule has 4 N–H and O–H groups in total. The first-order chi connectivity index (χ1) is 7.50. The van der Waals surface area contributed by atoms with E-state index in [2.05, 4.69) is 5.43 Å². The molecule has 0 saturated heterocycles. The second-order valence-corrected chi connectivity index (χ2v) is 5.07. The molecular formula is C10H12N2O3S. The number of nitrogens with one attached hydrogen (secondary N) is 1. The molecular weight excluding hydrogens is 228 g/mol. The largest absolute Gasteiger partial charge is 0.294 e. The van der Waals surface area contributed by atoms with Gasteiger partial charge in [-0.2, -0.15) is 8.42 Å². The first-order valence-electron chi connectivity index (χ1n) is 4.76. The van der Waals surface area contributed by atoms with Gasteiger partial charge in [0.1, 0.15) is 0 Å². The van der Waals surface area contributed by atoms with Gasteiger partial charge in [0.25, 0.3) is 10.1 Å². The monoisotopic (exact) mass is 240 g/mol. The third kappa shape index (κ3) is 2.14. The van der Waals surface area contributed by atoms with E-state index < -0.39 is 10.1 Å². The van der Waals surface area contributed by atoms with Gasteiger partial charge in [0.2, 0.25) is 0 Å². The number of fused-ring (bicyclic) bond motifs is 1. The van der Waals surface area contributed by atoms with Crippen molar-refractivity contribution in [2.75, 3.05) is 0 Å². The van der Waals surface area contributed by atoms with Crippen LogP contribution in [-0.2, 0) is 10.1 Å². The van der Waals surface area contributed by atoms with Gasteiger partial charge in [-0.25, -0.2) is 0 Å². The summed E-state index contributed by atoms with van der Waals surface area (Å²) >= 11 is 0. The minimum atomic E-state index is -4.13. The molecule has 1 atom stereocenters. The molecule has 0 bridgehead atoms. The maximum Gasteiger partial charge on any atom is 0.294 e. The second kappa shape index (κ2) is 3.99. The summed E-state index contributed by atoms with van der Waals surface area (Å²) in [5.74, 6) is 5.32. The Kier molecular flexibility index (Phi) is 2.81. The van der Waals surface area contributed by atoms with Crippen molar-refractivity contribution in [2.24, 2.45) is 5.84 Å². The number of nitrogens with two attached hydrogens (primary N) is 1. The highest BCUT2D eigenvalue weighted by Gasteiger charge is 2.10. The molecule has 0 aliphatic heterocycles. The molecule has 1 aliphatic rings. The first-order valence-corrected chi connectivity index (χ1v) is 6.20. The van der Waals surface area contributed by atoms with Crippen LogP contribution in [0.25, 0.3) is 12.2 Å². The maximum atomic E-state index is 10.9. The van der Waals surface area contributed by atoms with Crippen LogP contribution in [-0.4, -0.2) is 19.0 Å². The predicted octanol–water partition coefficient (Wildman–Crippen LogP) is -1.27. The lowest BCUT2D eigenvalue weighted by Crippen LogP contribution is -2.40. The standard InChI is InChI=1S/C10H12N2O3S/c11-12-9-3-1-8-6-10(16(13,14)15)4-2-7(8)5-9/h1-2,4-6,9,12H,3,11H2,(H,13,14,15). The summed E-state index contributed by atoms with van der Waals surface area (Å²) < 4.78 is 30.8. The van der Waals surface area contributed by atoms with Crippen LogP contribution in [0.5, 0.6) is 0 Å². The van der Waals surface area contributed by atoms with Gasteiger partial charge in [0.15, 0.2) is 0 Å². The van der Waals surface area contributed by atoms with E-state index in [0.29, 0.717) is 6.42 Å². The van der Waals surface area contributed by atoms with Crippen molar-refractivity contribution < 1.29 is 13.0 Å². The SMILES string of the molecule is NNC1C=c2ccc(S(=O)(=O)O)cc2=CC1. The van der Waals surface area contributed by atoms with E-state index in [-0.39, 0.29) is 10.9 Å². The molecule has 16 heavy (non-hydrogen) atoms. The molecule has 86 valence electrons. The highest BCUT2D eigenvalue weighted by molar-refractivity contribution is 7.85. The molecule has 0 aromatic heterocycles. The van der Waals surface area contributed by atoms with Gasteiger partial charge in [-0.05, 0) is 29.0 Å². The lowest BCUT2D eigenvalue weighted by molar-refractivity contribution is 0.483. The number of hydrogen-bond donors (Lipinski definition) is 3. The summed E-state index contributed by atoms with van der Waals surface area (Å²) in [5, 5.41) is 1.70. The minimum absolute atomic E-state index is 0.0593. The predicted molar refractivity (Wildman–Crippen MR) is 60.2 cm³/mol. The van der Waals surface area contributed by atoms with Gasteiger partial charge in [0, 0.05) is 6.04 Å². The number of rotatable bonds is 2. The molecule has 1 aromatic rings. The Hall–Kier alpha value is -1.21. The number of hydrogen-bond acceptors (Lipinski definition) is 4. The fourth-order valence-corrected chi connectivity index (χ4v) is 2.21. The smallest absolute Gasteiger partial charge is 0.282 e. The summed E-state index contributed by atoms with van der Waals surface area (Å²) in [6, 6.07) is 4.54. The molecule has 0 saturated carbocycles. The van der Waals surface area contributed by atoms with E-state index >= 15 is 0 Å². The summed E-state index contributed by atoms with van der Waals surface area (Å²) in [6.07, 6.45) is 4.50. The number of hydrazine groups is 1. The Morgan fingerprint density at radius 3 is 2.75 bits per heavy atom. The number of benzene rings is 1. The minimum Gasteiger partial charge on any atom is -0.282 e. The molecule has 6 heteroatoms. The van der Waals surface area contributed by atoms with E-state index in [9.17, 15) is 8.42 Å². The van der Waals surface area contributed by atoms with Crippen LogP contribution in [0.4, 0.5) is 0 Å². The van der Waals surface area contributed by atoms with E-state index in [4.69, 9.17) is 10.4 Å². The molecule has 1 aliphatic carbocycles. The summed E-state index contributed by atoms with van der Waals surface area (Å²) in [5.41, 5.74) is 2.64. The van der Waals surface area contributed by atoms with Gasteiger partial charge in [-0.15, -0.1) is 0 Å². The highest BCUT2D eigenvalue weighted by atomic mass is 32.2. The normalized spacial score (nSPS) is 19.5. The van der Waals surface area contributed by atoms with Gasteiger partial charge < -0.3 is 0 Å². The van der Waals surface area contributed by atoms with Crippen LogP contribution >= 0.6 is 0 Å². The second-order valence-electron chi connectivity index (χ2n) is 3.65. The van der Waals surface area contributed by atoms with Crippen LogP contribution in [0.15, 0.2) is 23.1 Å². The fourth-order valence-electron chi connectivity index (χ4n) is 1.70. The molecule has 1 aromatic carbocycles. The van der Waals surface area contributed by atoms with E-state index in [0.717, 1.165) is 10.4 Å². The van der Waals surface area contributed by atoms with Gasteiger partial charge in [0.05, 0.1) is 4.90 Å². The van der Waals surface area contributed by atoms with Crippen LogP contribution < -0.4 is 21.7 Å². The molecule has 0 radical (unpaired) electrons. The van der Waals surface area contributed by atoms with E-state index in [1.807, 2.05) is 12.2 Å². The molecule has 0 heterocycles. The van der Waals surface area contributed by atoms with Crippen LogP contribution in [0, 0.1) is 0 Å². The van der Waals surface area contributed by atoms with Crippen LogP contribution in [0.2, 0.25) is 0 Å². The summed E-state index contributed by atoms with van der Waals surface area (Å²) in [7, 11) is -4.13. The van der Waals surface area contributed by atoms with Crippen molar-refractivity contribution in [3.05, 3.63) is 28.6 Å².